The first-order chi connectivity index (χ1) is 9.44. The second-order valence-electron chi connectivity index (χ2n) is 5.21. The topological polar surface area (TPSA) is 32.3 Å². The van der Waals surface area contributed by atoms with Crippen LogP contribution in [0.15, 0.2) is 54.6 Å². The molecule has 0 aromatic heterocycles. The molecule has 3 heteroatoms. The van der Waals surface area contributed by atoms with Crippen molar-refractivity contribution in [1.29, 1.82) is 0 Å². The molecule has 0 aliphatic carbocycles. The van der Waals surface area contributed by atoms with Crippen molar-refractivity contribution in [2.45, 2.75) is 19.4 Å². The maximum atomic E-state index is 9.77. The minimum absolute atomic E-state index is 0.694. The standard InChI is InChI=1S/C17H18ClNO/c1-17(2,20)11-10-13-6-3-4-9-16(13)19-15-8-5-7-14(18)12-15/h3-12,19-20H,1-2H3/b11-10+. The molecule has 0 aliphatic rings. The fourth-order valence-electron chi connectivity index (χ4n) is 1.77. The number of hydrogen-bond donors (Lipinski definition) is 2. The lowest BCUT2D eigenvalue weighted by Gasteiger charge is -2.13. The third kappa shape index (κ3) is 4.41. The van der Waals surface area contributed by atoms with Crippen LogP contribution in [0.2, 0.25) is 5.02 Å². The molecule has 0 aliphatic heterocycles. The molecule has 0 amide bonds. The van der Waals surface area contributed by atoms with Gasteiger partial charge in [-0.05, 0) is 43.7 Å². The smallest absolute Gasteiger partial charge is 0.0774 e. The normalized spacial score (nSPS) is 11.8. The van der Waals surface area contributed by atoms with Crippen molar-refractivity contribution >= 4 is 29.1 Å². The van der Waals surface area contributed by atoms with E-state index in [1.807, 2.05) is 54.6 Å². The van der Waals surface area contributed by atoms with Crippen molar-refractivity contribution in [3.63, 3.8) is 0 Å². The Labute approximate surface area is 124 Å². The van der Waals surface area contributed by atoms with E-state index in [0.29, 0.717) is 5.02 Å². The number of aliphatic hydroxyl groups is 1. The van der Waals surface area contributed by atoms with E-state index >= 15 is 0 Å². The van der Waals surface area contributed by atoms with Crippen LogP contribution in [-0.2, 0) is 0 Å². The molecule has 104 valence electrons. The summed E-state index contributed by atoms with van der Waals surface area (Å²) in [5, 5.41) is 13.8. The zero-order valence-corrected chi connectivity index (χ0v) is 12.4. The summed E-state index contributed by atoms with van der Waals surface area (Å²) < 4.78 is 0. The molecule has 2 aromatic carbocycles. The summed E-state index contributed by atoms with van der Waals surface area (Å²) in [6.07, 6.45) is 3.68. The van der Waals surface area contributed by atoms with E-state index < -0.39 is 5.60 Å². The summed E-state index contributed by atoms with van der Waals surface area (Å²) in [6.45, 7) is 3.49. The van der Waals surface area contributed by atoms with Gasteiger partial charge in [0.1, 0.15) is 0 Å². The second kappa shape index (κ2) is 6.12. The quantitative estimate of drug-likeness (QED) is 0.841. The van der Waals surface area contributed by atoms with Crippen molar-refractivity contribution in [3.8, 4) is 0 Å². The Morgan fingerprint density at radius 1 is 1.10 bits per heavy atom. The molecule has 0 radical (unpaired) electrons. The lowest BCUT2D eigenvalue weighted by molar-refractivity contribution is 0.134. The number of anilines is 2. The van der Waals surface area contributed by atoms with Gasteiger partial charge < -0.3 is 10.4 Å². The Morgan fingerprint density at radius 2 is 1.85 bits per heavy atom. The van der Waals surface area contributed by atoms with Gasteiger partial charge in [-0.2, -0.15) is 0 Å². The van der Waals surface area contributed by atoms with Crippen molar-refractivity contribution < 1.29 is 5.11 Å². The van der Waals surface area contributed by atoms with Crippen molar-refractivity contribution in [3.05, 3.63) is 65.2 Å². The number of nitrogens with one attached hydrogen (secondary N) is 1. The third-order valence-electron chi connectivity index (χ3n) is 2.74. The molecule has 0 unspecified atom stereocenters. The summed E-state index contributed by atoms with van der Waals surface area (Å²) >= 11 is 5.98. The minimum Gasteiger partial charge on any atom is -0.386 e. The summed E-state index contributed by atoms with van der Waals surface area (Å²) in [7, 11) is 0. The fourth-order valence-corrected chi connectivity index (χ4v) is 1.96. The van der Waals surface area contributed by atoms with Crippen LogP contribution in [0.1, 0.15) is 19.4 Å². The van der Waals surface area contributed by atoms with Gasteiger partial charge in [0.25, 0.3) is 0 Å². The van der Waals surface area contributed by atoms with E-state index in [-0.39, 0.29) is 0 Å². The molecule has 2 N–H and O–H groups in total. The van der Waals surface area contributed by atoms with Crippen LogP contribution in [0.4, 0.5) is 11.4 Å². The molecule has 0 atom stereocenters. The van der Waals surface area contributed by atoms with Crippen LogP contribution >= 0.6 is 11.6 Å². The molecule has 0 heterocycles. The lowest BCUT2D eigenvalue weighted by Crippen LogP contribution is -2.13. The number of halogens is 1. The van der Waals surface area contributed by atoms with E-state index in [9.17, 15) is 5.11 Å². The number of hydrogen-bond acceptors (Lipinski definition) is 2. The Kier molecular flexibility index (Phi) is 4.48. The van der Waals surface area contributed by atoms with Gasteiger partial charge in [-0.15, -0.1) is 0 Å². The van der Waals surface area contributed by atoms with E-state index in [0.717, 1.165) is 16.9 Å². The highest BCUT2D eigenvalue weighted by atomic mass is 35.5. The van der Waals surface area contributed by atoms with Crippen molar-refractivity contribution in [1.82, 2.24) is 0 Å². The molecule has 0 spiro atoms. The van der Waals surface area contributed by atoms with Gasteiger partial charge in [0, 0.05) is 16.4 Å². The van der Waals surface area contributed by atoms with Crippen LogP contribution in [0.3, 0.4) is 0 Å². The average Bonchev–Trinajstić information content (AvgIpc) is 2.37. The predicted molar refractivity (Wildman–Crippen MR) is 86.5 cm³/mol. The Balaban J connectivity index is 2.26. The minimum atomic E-state index is -0.830. The molecule has 2 nitrogen and oxygen atoms in total. The molecule has 2 rings (SSSR count). The highest BCUT2D eigenvalue weighted by Crippen LogP contribution is 2.24. The molecular weight excluding hydrogens is 270 g/mol. The van der Waals surface area contributed by atoms with Crippen molar-refractivity contribution in [2.24, 2.45) is 0 Å². The first-order valence-corrected chi connectivity index (χ1v) is 6.85. The Bertz CT molecular complexity index is 614. The van der Waals surface area contributed by atoms with Gasteiger partial charge in [0.05, 0.1) is 5.60 Å². The highest BCUT2D eigenvalue weighted by molar-refractivity contribution is 6.30. The first-order valence-electron chi connectivity index (χ1n) is 6.47. The molecule has 20 heavy (non-hydrogen) atoms. The predicted octanol–water partition coefficient (Wildman–Crippen LogP) is 4.87. The summed E-state index contributed by atoms with van der Waals surface area (Å²) in [6, 6.07) is 15.5. The molecule has 0 fully saturated rings. The van der Waals surface area contributed by atoms with Gasteiger partial charge in [-0.1, -0.05) is 48.0 Å². The van der Waals surface area contributed by atoms with Crippen LogP contribution in [0, 0.1) is 0 Å². The molecule has 0 saturated heterocycles. The molecule has 2 aromatic rings. The SMILES string of the molecule is CC(C)(O)/C=C/c1ccccc1Nc1cccc(Cl)c1. The van der Waals surface area contributed by atoms with E-state index in [2.05, 4.69) is 5.32 Å². The second-order valence-corrected chi connectivity index (χ2v) is 5.65. The van der Waals surface area contributed by atoms with Crippen LogP contribution in [0.5, 0.6) is 0 Å². The molecule has 0 bridgehead atoms. The highest BCUT2D eigenvalue weighted by Gasteiger charge is 2.07. The van der Waals surface area contributed by atoms with Gasteiger partial charge >= 0.3 is 0 Å². The summed E-state index contributed by atoms with van der Waals surface area (Å²) in [5.74, 6) is 0. The lowest BCUT2D eigenvalue weighted by atomic mass is 10.1. The van der Waals surface area contributed by atoms with Crippen LogP contribution in [-0.4, -0.2) is 10.7 Å². The van der Waals surface area contributed by atoms with E-state index in [1.165, 1.54) is 0 Å². The Hall–Kier alpha value is -1.77. The zero-order valence-electron chi connectivity index (χ0n) is 11.6. The monoisotopic (exact) mass is 287 g/mol. The van der Waals surface area contributed by atoms with E-state index in [4.69, 9.17) is 11.6 Å². The van der Waals surface area contributed by atoms with Gasteiger partial charge in [-0.25, -0.2) is 0 Å². The first kappa shape index (κ1) is 14.6. The molecular formula is C17H18ClNO. The summed E-state index contributed by atoms with van der Waals surface area (Å²) in [4.78, 5) is 0. The van der Waals surface area contributed by atoms with Gasteiger partial charge in [-0.3, -0.25) is 0 Å². The van der Waals surface area contributed by atoms with Crippen LogP contribution in [0.25, 0.3) is 6.08 Å². The Morgan fingerprint density at radius 3 is 2.55 bits per heavy atom. The van der Waals surface area contributed by atoms with Gasteiger partial charge in [0.15, 0.2) is 0 Å². The van der Waals surface area contributed by atoms with Crippen LogP contribution < -0.4 is 5.32 Å². The third-order valence-corrected chi connectivity index (χ3v) is 2.97. The van der Waals surface area contributed by atoms with Crippen molar-refractivity contribution in [2.75, 3.05) is 5.32 Å². The number of para-hydroxylation sites is 1. The maximum absolute atomic E-state index is 9.77. The zero-order chi connectivity index (χ0) is 14.6. The van der Waals surface area contributed by atoms with Gasteiger partial charge in [0.2, 0.25) is 0 Å². The number of rotatable bonds is 4. The largest absolute Gasteiger partial charge is 0.386 e. The average molecular weight is 288 g/mol. The maximum Gasteiger partial charge on any atom is 0.0774 e. The van der Waals surface area contributed by atoms with E-state index in [1.54, 1.807) is 19.9 Å². The fraction of sp³-hybridized carbons (Fsp3) is 0.176. The summed E-state index contributed by atoms with van der Waals surface area (Å²) in [5.41, 5.74) is 2.08. The molecule has 0 saturated carbocycles. The number of benzene rings is 2.